The zero-order chi connectivity index (χ0) is 14.5. The lowest BCUT2D eigenvalue weighted by Gasteiger charge is -2.11. The number of hydrogen-bond acceptors (Lipinski definition) is 3. The van der Waals surface area contributed by atoms with E-state index < -0.39 is 12.5 Å². The smallest absolute Gasteiger partial charge is 0.387 e. The van der Waals surface area contributed by atoms with E-state index in [1.54, 1.807) is 6.07 Å². The summed E-state index contributed by atoms with van der Waals surface area (Å²) in [5.74, 6) is -0.576. The van der Waals surface area contributed by atoms with E-state index in [2.05, 4.69) is 10.1 Å². The molecular weight excluding hydrogens is 268 g/mol. The number of nitrogens with one attached hydrogen (secondary N) is 1. The number of ether oxygens (including phenoxy) is 1. The zero-order valence-corrected chi connectivity index (χ0v) is 10.2. The molecule has 2 aromatic rings. The largest absolute Gasteiger partial charge is 0.508 e. The van der Waals surface area contributed by atoms with Crippen LogP contribution in [0, 0.1) is 0 Å². The number of benzene rings is 2. The Labute approximate surface area is 113 Å². The molecule has 0 aliphatic rings. The van der Waals surface area contributed by atoms with E-state index in [1.807, 2.05) is 0 Å². The van der Waals surface area contributed by atoms with Crippen LogP contribution in [0.25, 0.3) is 0 Å². The van der Waals surface area contributed by atoms with Crippen LogP contribution >= 0.6 is 0 Å². The summed E-state index contributed by atoms with van der Waals surface area (Å²) in [4.78, 5) is 11.9. The van der Waals surface area contributed by atoms with Gasteiger partial charge in [-0.05, 0) is 36.4 Å². The first-order valence-corrected chi connectivity index (χ1v) is 5.70. The number of phenolic OH excluding ortho intramolecular Hbond substituents is 1. The molecule has 0 aromatic heterocycles. The monoisotopic (exact) mass is 279 g/mol. The van der Waals surface area contributed by atoms with Crippen molar-refractivity contribution in [2.24, 2.45) is 0 Å². The summed E-state index contributed by atoms with van der Waals surface area (Å²) >= 11 is 0. The number of rotatable bonds is 4. The maximum absolute atomic E-state index is 12.2. The quantitative estimate of drug-likeness (QED) is 0.903. The first-order chi connectivity index (χ1) is 9.56. The molecule has 4 nitrogen and oxygen atoms in total. The van der Waals surface area contributed by atoms with Gasteiger partial charge in [0.1, 0.15) is 11.5 Å². The average molecular weight is 279 g/mol. The van der Waals surface area contributed by atoms with Gasteiger partial charge in [-0.25, -0.2) is 0 Å². The summed E-state index contributed by atoms with van der Waals surface area (Å²) in [6.45, 7) is -2.97. The molecule has 0 unspecified atom stereocenters. The van der Waals surface area contributed by atoms with E-state index in [-0.39, 0.29) is 22.7 Å². The third-order valence-electron chi connectivity index (χ3n) is 2.48. The van der Waals surface area contributed by atoms with E-state index >= 15 is 0 Å². The number of anilines is 1. The minimum absolute atomic E-state index is 0.0305. The third kappa shape index (κ3) is 3.44. The molecule has 0 aliphatic heterocycles. The van der Waals surface area contributed by atoms with Gasteiger partial charge in [0.15, 0.2) is 0 Å². The van der Waals surface area contributed by atoms with Gasteiger partial charge >= 0.3 is 6.61 Å². The minimum atomic E-state index is -2.97. The second-order valence-corrected chi connectivity index (χ2v) is 3.88. The summed E-state index contributed by atoms with van der Waals surface area (Å²) in [6, 6.07) is 11.4. The average Bonchev–Trinajstić information content (AvgIpc) is 2.41. The van der Waals surface area contributed by atoms with Crippen molar-refractivity contribution in [2.75, 3.05) is 5.32 Å². The van der Waals surface area contributed by atoms with Crippen LogP contribution in [0.4, 0.5) is 14.5 Å². The number of alkyl halides is 2. The van der Waals surface area contributed by atoms with Crippen molar-refractivity contribution in [3.8, 4) is 11.5 Å². The van der Waals surface area contributed by atoms with Crippen molar-refractivity contribution in [3.05, 3.63) is 54.1 Å². The number of amides is 1. The van der Waals surface area contributed by atoms with Crippen molar-refractivity contribution in [1.29, 1.82) is 0 Å². The second-order valence-electron chi connectivity index (χ2n) is 3.88. The lowest BCUT2D eigenvalue weighted by atomic mass is 10.2. The molecular formula is C14H11F2NO3. The maximum Gasteiger partial charge on any atom is 0.387 e. The van der Waals surface area contributed by atoms with Gasteiger partial charge in [-0.1, -0.05) is 12.1 Å². The maximum atomic E-state index is 12.2. The normalized spacial score (nSPS) is 10.3. The highest BCUT2D eigenvalue weighted by Gasteiger charge is 2.12. The molecule has 0 atom stereocenters. The fraction of sp³-hybridized carbons (Fsp3) is 0.0714. The predicted octanol–water partition coefficient (Wildman–Crippen LogP) is 3.25. The van der Waals surface area contributed by atoms with Crippen LogP contribution in [0.15, 0.2) is 48.5 Å². The summed E-state index contributed by atoms with van der Waals surface area (Å²) < 4.78 is 28.8. The highest BCUT2D eigenvalue weighted by Crippen LogP contribution is 2.26. The van der Waals surface area contributed by atoms with Crippen LogP contribution in [0.3, 0.4) is 0 Å². The summed E-state index contributed by atoms with van der Waals surface area (Å²) in [7, 11) is 0. The van der Waals surface area contributed by atoms with Gasteiger partial charge in [-0.3, -0.25) is 4.79 Å². The SMILES string of the molecule is O=C(Nc1ccccc1OC(F)F)c1ccc(O)cc1. The summed E-state index contributed by atoms with van der Waals surface area (Å²) in [5, 5.41) is 11.6. The Kier molecular flexibility index (Phi) is 4.14. The number of para-hydroxylation sites is 2. The molecule has 0 spiro atoms. The number of aromatic hydroxyl groups is 1. The topological polar surface area (TPSA) is 58.6 Å². The summed E-state index contributed by atoms with van der Waals surface area (Å²) in [5.41, 5.74) is 0.431. The molecule has 0 bridgehead atoms. The van der Waals surface area contributed by atoms with Crippen LogP contribution in [0.2, 0.25) is 0 Å². The van der Waals surface area contributed by atoms with Gasteiger partial charge in [-0.2, -0.15) is 8.78 Å². The van der Waals surface area contributed by atoms with Crippen molar-refractivity contribution >= 4 is 11.6 Å². The number of hydrogen-bond donors (Lipinski definition) is 2. The zero-order valence-electron chi connectivity index (χ0n) is 10.2. The molecule has 0 heterocycles. The summed E-state index contributed by atoms with van der Waals surface area (Å²) in [6.07, 6.45) is 0. The Morgan fingerprint density at radius 2 is 1.75 bits per heavy atom. The van der Waals surface area contributed by atoms with E-state index in [4.69, 9.17) is 5.11 Å². The van der Waals surface area contributed by atoms with Gasteiger partial charge < -0.3 is 15.2 Å². The Bertz CT molecular complexity index is 600. The molecule has 0 saturated carbocycles. The van der Waals surface area contributed by atoms with Gasteiger partial charge in [-0.15, -0.1) is 0 Å². The van der Waals surface area contributed by atoms with E-state index in [1.165, 1.54) is 42.5 Å². The standard InChI is InChI=1S/C14H11F2NO3/c15-14(16)20-12-4-2-1-3-11(12)17-13(19)9-5-7-10(18)8-6-9/h1-8,14,18H,(H,17,19). The van der Waals surface area contributed by atoms with Gasteiger partial charge in [0, 0.05) is 5.56 Å². The molecule has 2 aromatic carbocycles. The van der Waals surface area contributed by atoms with E-state index in [0.717, 1.165) is 0 Å². The van der Waals surface area contributed by atoms with Crippen molar-refractivity contribution in [2.45, 2.75) is 6.61 Å². The van der Waals surface area contributed by atoms with Gasteiger partial charge in [0.2, 0.25) is 0 Å². The van der Waals surface area contributed by atoms with Crippen LogP contribution in [0.5, 0.6) is 11.5 Å². The highest BCUT2D eigenvalue weighted by atomic mass is 19.3. The number of phenols is 1. The molecule has 0 saturated heterocycles. The minimum Gasteiger partial charge on any atom is -0.508 e. The van der Waals surface area contributed by atoms with Crippen LogP contribution < -0.4 is 10.1 Å². The lowest BCUT2D eigenvalue weighted by molar-refractivity contribution is -0.0493. The first kappa shape index (κ1) is 13.8. The Morgan fingerprint density at radius 1 is 1.10 bits per heavy atom. The van der Waals surface area contributed by atoms with Gasteiger partial charge in [0.25, 0.3) is 5.91 Å². The Morgan fingerprint density at radius 3 is 2.40 bits per heavy atom. The predicted molar refractivity (Wildman–Crippen MR) is 69.1 cm³/mol. The van der Waals surface area contributed by atoms with Crippen LogP contribution in [0.1, 0.15) is 10.4 Å². The fourth-order valence-electron chi connectivity index (χ4n) is 1.58. The number of carbonyl (C=O) groups excluding carboxylic acids is 1. The first-order valence-electron chi connectivity index (χ1n) is 5.70. The third-order valence-corrected chi connectivity index (χ3v) is 2.48. The van der Waals surface area contributed by atoms with E-state index in [9.17, 15) is 13.6 Å². The van der Waals surface area contributed by atoms with Crippen molar-refractivity contribution < 1.29 is 23.4 Å². The van der Waals surface area contributed by atoms with Crippen molar-refractivity contribution in [3.63, 3.8) is 0 Å². The van der Waals surface area contributed by atoms with E-state index in [0.29, 0.717) is 0 Å². The Balaban J connectivity index is 2.17. The molecule has 2 N–H and O–H groups in total. The fourth-order valence-corrected chi connectivity index (χ4v) is 1.58. The molecule has 1 amide bonds. The highest BCUT2D eigenvalue weighted by molar-refractivity contribution is 6.05. The molecule has 6 heteroatoms. The Hall–Kier alpha value is -2.63. The molecule has 0 radical (unpaired) electrons. The van der Waals surface area contributed by atoms with Crippen molar-refractivity contribution in [1.82, 2.24) is 0 Å². The van der Waals surface area contributed by atoms with Crippen LogP contribution in [-0.4, -0.2) is 17.6 Å². The molecule has 0 aliphatic carbocycles. The molecule has 20 heavy (non-hydrogen) atoms. The number of carbonyl (C=O) groups is 1. The molecule has 0 fully saturated rings. The molecule has 104 valence electrons. The second kappa shape index (κ2) is 6.01. The van der Waals surface area contributed by atoms with Crippen LogP contribution in [-0.2, 0) is 0 Å². The lowest BCUT2D eigenvalue weighted by Crippen LogP contribution is -2.13. The number of halogens is 2. The molecule has 2 rings (SSSR count). The van der Waals surface area contributed by atoms with Gasteiger partial charge in [0.05, 0.1) is 5.69 Å².